The second-order valence-corrected chi connectivity index (χ2v) is 16.5. The van der Waals surface area contributed by atoms with Crippen LogP contribution < -0.4 is 14.8 Å². The molecule has 2 atom stereocenters. The lowest BCUT2D eigenvalue weighted by Gasteiger charge is -2.39. The van der Waals surface area contributed by atoms with Gasteiger partial charge in [0.1, 0.15) is 17.5 Å². The topological polar surface area (TPSA) is 134 Å². The summed E-state index contributed by atoms with van der Waals surface area (Å²) >= 11 is 0. The van der Waals surface area contributed by atoms with Crippen molar-refractivity contribution < 1.29 is 32.6 Å². The minimum atomic E-state index is -3.62. The number of benzene rings is 2. The maximum absolute atomic E-state index is 12.1. The van der Waals surface area contributed by atoms with Crippen LogP contribution in [0, 0.1) is 0 Å². The average molecular weight is 525 g/mol. The summed E-state index contributed by atoms with van der Waals surface area (Å²) in [5, 5.41) is 23.0. The SMILES string of the molecule is COc1ccc([C@H](NCC(O[Si](C)(C)C(C)(C)C)c2ccc(O)c(NS(C)(=O)=O)c2)C(=O)O)cc1. The quantitative estimate of drug-likeness (QED) is 0.253. The largest absolute Gasteiger partial charge is 0.506 e. The predicted molar refractivity (Wildman–Crippen MR) is 139 cm³/mol. The number of carbonyl (C=O) groups is 1. The lowest BCUT2D eigenvalue weighted by molar-refractivity contribution is -0.139. The first-order chi connectivity index (χ1) is 16.0. The van der Waals surface area contributed by atoms with E-state index < -0.39 is 36.5 Å². The van der Waals surface area contributed by atoms with Gasteiger partial charge in [0.05, 0.1) is 25.2 Å². The van der Waals surface area contributed by atoms with E-state index >= 15 is 0 Å². The zero-order valence-corrected chi connectivity index (χ0v) is 23.1. The van der Waals surface area contributed by atoms with Crippen LogP contribution in [0.2, 0.25) is 18.1 Å². The van der Waals surface area contributed by atoms with Gasteiger partial charge in [-0.3, -0.25) is 14.8 Å². The molecule has 2 aromatic rings. The Kier molecular flexibility index (Phi) is 8.98. The molecule has 0 saturated carbocycles. The molecule has 2 aromatic carbocycles. The molecule has 0 spiro atoms. The number of nitrogens with one attached hydrogen (secondary N) is 2. The standard InChI is InChI=1S/C24H36N2O7SSi/c1-24(2,3)35(6,7)33-21(17-10-13-20(27)19(14-17)26-34(5,30)31)15-25-22(23(28)29)16-8-11-18(32-4)12-9-16/h8-14,21-22,25-27H,15H2,1-7H3,(H,28,29)/t21?,22-/m0/s1. The van der Waals surface area contributed by atoms with E-state index in [0.717, 1.165) is 6.26 Å². The third-order valence-electron chi connectivity index (χ3n) is 6.13. The fourth-order valence-electron chi connectivity index (χ4n) is 3.16. The minimum absolute atomic E-state index is 0.0266. The number of hydrogen-bond acceptors (Lipinski definition) is 7. The maximum atomic E-state index is 12.1. The highest BCUT2D eigenvalue weighted by atomic mass is 32.2. The van der Waals surface area contributed by atoms with E-state index in [9.17, 15) is 23.4 Å². The van der Waals surface area contributed by atoms with E-state index in [4.69, 9.17) is 9.16 Å². The van der Waals surface area contributed by atoms with Crippen molar-refractivity contribution in [1.29, 1.82) is 0 Å². The molecule has 4 N–H and O–H groups in total. The number of phenols is 1. The van der Waals surface area contributed by atoms with Gasteiger partial charge >= 0.3 is 5.97 Å². The molecule has 194 valence electrons. The van der Waals surface area contributed by atoms with Crippen molar-refractivity contribution in [3.05, 3.63) is 53.6 Å². The fourth-order valence-corrected chi connectivity index (χ4v) is 5.01. The molecule has 2 rings (SSSR count). The number of carboxylic acids is 1. The van der Waals surface area contributed by atoms with Gasteiger partial charge in [-0.2, -0.15) is 0 Å². The maximum Gasteiger partial charge on any atom is 0.325 e. The number of sulfonamides is 1. The third-order valence-corrected chi connectivity index (χ3v) is 11.2. The lowest BCUT2D eigenvalue weighted by atomic mass is 10.0. The minimum Gasteiger partial charge on any atom is -0.506 e. The van der Waals surface area contributed by atoms with Crippen LogP contribution in [0.3, 0.4) is 0 Å². The molecule has 1 unspecified atom stereocenters. The van der Waals surface area contributed by atoms with Gasteiger partial charge in [-0.05, 0) is 53.5 Å². The molecule has 35 heavy (non-hydrogen) atoms. The monoisotopic (exact) mass is 524 g/mol. The molecule has 0 saturated heterocycles. The molecule has 0 radical (unpaired) electrons. The van der Waals surface area contributed by atoms with Crippen LogP contribution in [-0.2, 0) is 19.2 Å². The fraction of sp³-hybridized carbons (Fsp3) is 0.458. The second-order valence-electron chi connectivity index (χ2n) is 9.97. The van der Waals surface area contributed by atoms with Crippen molar-refractivity contribution in [2.45, 2.75) is 51.0 Å². The highest BCUT2D eigenvalue weighted by molar-refractivity contribution is 7.92. The summed E-state index contributed by atoms with van der Waals surface area (Å²) in [7, 11) is -4.41. The highest BCUT2D eigenvalue weighted by Gasteiger charge is 2.40. The summed E-state index contributed by atoms with van der Waals surface area (Å²) in [6.07, 6.45) is 0.396. The van der Waals surface area contributed by atoms with Crippen molar-refractivity contribution in [1.82, 2.24) is 5.32 Å². The zero-order chi connectivity index (χ0) is 26.6. The van der Waals surface area contributed by atoms with Gasteiger partial charge in [-0.25, -0.2) is 8.42 Å². The number of aliphatic carboxylic acids is 1. The average Bonchev–Trinajstić information content (AvgIpc) is 2.73. The summed E-state index contributed by atoms with van der Waals surface area (Å²) in [4.78, 5) is 12.1. The highest BCUT2D eigenvalue weighted by Crippen LogP contribution is 2.40. The van der Waals surface area contributed by atoms with Gasteiger partial charge in [-0.15, -0.1) is 0 Å². The van der Waals surface area contributed by atoms with Crippen molar-refractivity contribution in [3.63, 3.8) is 0 Å². The summed E-state index contributed by atoms with van der Waals surface area (Å²) in [6, 6.07) is 10.3. The van der Waals surface area contributed by atoms with Crippen LogP contribution >= 0.6 is 0 Å². The zero-order valence-electron chi connectivity index (χ0n) is 21.2. The Morgan fingerprint density at radius 2 is 1.66 bits per heavy atom. The first-order valence-electron chi connectivity index (χ1n) is 11.1. The molecular formula is C24H36N2O7SSi. The van der Waals surface area contributed by atoms with E-state index in [1.807, 2.05) is 0 Å². The Morgan fingerprint density at radius 1 is 1.09 bits per heavy atom. The Morgan fingerprint density at radius 3 is 2.14 bits per heavy atom. The summed E-state index contributed by atoms with van der Waals surface area (Å²) < 4.78 is 37.6. The van der Waals surface area contributed by atoms with E-state index in [-0.39, 0.29) is 23.0 Å². The number of ether oxygens (including phenoxy) is 1. The molecular weight excluding hydrogens is 488 g/mol. The molecule has 0 aromatic heterocycles. The Hall–Kier alpha value is -2.60. The van der Waals surface area contributed by atoms with Crippen LogP contribution in [0.1, 0.15) is 44.0 Å². The molecule has 0 heterocycles. The Bertz CT molecular complexity index is 1130. The molecule has 0 aliphatic carbocycles. The normalized spacial score (nSPS) is 14.3. The van der Waals surface area contributed by atoms with Gasteiger partial charge < -0.3 is 19.4 Å². The molecule has 9 nitrogen and oxygen atoms in total. The van der Waals surface area contributed by atoms with Crippen LogP contribution in [0.5, 0.6) is 11.5 Å². The van der Waals surface area contributed by atoms with Gasteiger partial charge in [-0.1, -0.05) is 39.0 Å². The van der Waals surface area contributed by atoms with Crippen LogP contribution in [0.15, 0.2) is 42.5 Å². The third kappa shape index (κ3) is 7.96. The molecule has 0 amide bonds. The van der Waals surface area contributed by atoms with E-state index in [1.54, 1.807) is 30.3 Å². The molecule has 0 aliphatic heterocycles. The number of carboxylic acid groups (broad SMARTS) is 1. The number of hydrogen-bond donors (Lipinski definition) is 4. The first-order valence-corrected chi connectivity index (χ1v) is 15.9. The number of anilines is 1. The van der Waals surface area contributed by atoms with E-state index in [0.29, 0.717) is 16.9 Å². The van der Waals surface area contributed by atoms with Crippen molar-refractivity contribution in [2.24, 2.45) is 0 Å². The lowest BCUT2D eigenvalue weighted by Crippen LogP contribution is -2.44. The smallest absolute Gasteiger partial charge is 0.325 e. The van der Waals surface area contributed by atoms with Crippen molar-refractivity contribution in [3.8, 4) is 11.5 Å². The van der Waals surface area contributed by atoms with Crippen molar-refractivity contribution in [2.75, 3.05) is 24.6 Å². The van der Waals surface area contributed by atoms with Gasteiger partial charge in [0.15, 0.2) is 8.32 Å². The van der Waals surface area contributed by atoms with Gasteiger partial charge in [0.2, 0.25) is 10.0 Å². The Labute approximate surface area is 208 Å². The van der Waals surface area contributed by atoms with Crippen LogP contribution in [0.4, 0.5) is 5.69 Å². The van der Waals surface area contributed by atoms with E-state index in [2.05, 4.69) is 43.9 Å². The Balaban J connectivity index is 2.42. The van der Waals surface area contributed by atoms with Crippen LogP contribution in [0.25, 0.3) is 0 Å². The number of rotatable bonds is 11. The van der Waals surface area contributed by atoms with Crippen LogP contribution in [-0.4, -0.2) is 52.8 Å². The summed E-state index contributed by atoms with van der Waals surface area (Å²) in [5.41, 5.74) is 1.18. The van der Waals surface area contributed by atoms with Gasteiger partial charge in [0, 0.05) is 6.54 Å². The molecule has 11 heteroatoms. The second kappa shape index (κ2) is 11.0. The summed E-state index contributed by atoms with van der Waals surface area (Å²) in [6.45, 7) is 10.6. The molecule has 0 bridgehead atoms. The molecule has 0 fully saturated rings. The molecule has 0 aliphatic rings. The number of phenolic OH excluding ortho intramolecular Hbond substituents is 1. The summed E-state index contributed by atoms with van der Waals surface area (Å²) in [5.74, 6) is -0.654. The first kappa shape index (κ1) is 28.6. The number of aromatic hydroxyl groups is 1. The van der Waals surface area contributed by atoms with Gasteiger partial charge in [0.25, 0.3) is 0 Å². The van der Waals surface area contributed by atoms with Crippen molar-refractivity contribution >= 4 is 30.0 Å². The predicted octanol–water partition coefficient (Wildman–Crippen LogP) is 4.25. The number of methoxy groups -OCH3 is 1. The van der Waals surface area contributed by atoms with E-state index in [1.165, 1.54) is 19.2 Å².